The Labute approximate surface area is 199 Å². The van der Waals surface area contributed by atoms with E-state index in [4.69, 9.17) is 4.74 Å². The fourth-order valence-corrected chi connectivity index (χ4v) is 5.39. The van der Waals surface area contributed by atoms with Crippen LogP contribution in [0.1, 0.15) is 27.3 Å². The van der Waals surface area contributed by atoms with E-state index in [1.165, 1.54) is 11.0 Å². The molecule has 34 heavy (non-hydrogen) atoms. The molecular formula is C26H26N2O5S. The summed E-state index contributed by atoms with van der Waals surface area (Å²) in [4.78, 5) is 27.3. The Bertz CT molecular complexity index is 1330. The van der Waals surface area contributed by atoms with Crippen LogP contribution in [0.3, 0.4) is 0 Å². The summed E-state index contributed by atoms with van der Waals surface area (Å²) in [5, 5.41) is 1.12. The zero-order valence-electron chi connectivity index (χ0n) is 19.0. The number of aromatic nitrogens is 1. The minimum Gasteiger partial charge on any atom is -0.452 e. The van der Waals surface area contributed by atoms with E-state index in [1.807, 2.05) is 48.7 Å². The van der Waals surface area contributed by atoms with E-state index >= 15 is 0 Å². The highest BCUT2D eigenvalue weighted by Crippen LogP contribution is 2.23. The van der Waals surface area contributed by atoms with E-state index in [9.17, 15) is 18.0 Å². The Morgan fingerprint density at radius 1 is 1.03 bits per heavy atom. The third kappa shape index (κ3) is 5.12. The van der Waals surface area contributed by atoms with Crippen molar-refractivity contribution in [1.29, 1.82) is 0 Å². The molecule has 0 N–H and O–H groups in total. The van der Waals surface area contributed by atoms with Crippen LogP contribution in [0.2, 0.25) is 0 Å². The fourth-order valence-electron chi connectivity index (χ4n) is 4.12. The van der Waals surface area contributed by atoms with Gasteiger partial charge < -0.3 is 14.2 Å². The highest BCUT2D eigenvalue weighted by Gasteiger charge is 2.32. The Hall–Kier alpha value is -3.65. The summed E-state index contributed by atoms with van der Waals surface area (Å²) < 4.78 is 31.3. The summed E-state index contributed by atoms with van der Waals surface area (Å²) in [5.74, 6) is -1.30. The van der Waals surface area contributed by atoms with Crippen molar-refractivity contribution in [3.8, 4) is 0 Å². The predicted octanol–water partition coefficient (Wildman–Crippen LogP) is 3.65. The summed E-state index contributed by atoms with van der Waals surface area (Å²) in [6, 6.07) is 19.8. The number of rotatable bonds is 7. The maximum atomic E-state index is 13.1. The minimum atomic E-state index is -3.37. The molecule has 0 bridgehead atoms. The Kier molecular flexibility index (Phi) is 6.70. The summed E-state index contributed by atoms with van der Waals surface area (Å²) >= 11 is 0. The van der Waals surface area contributed by atoms with Gasteiger partial charge in [-0.2, -0.15) is 0 Å². The number of benzene rings is 2. The number of ether oxygens (including phenoxy) is 1. The van der Waals surface area contributed by atoms with Crippen molar-refractivity contribution in [2.45, 2.75) is 26.4 Å². The average molecular weight is 479 g/mol. The highest BCUT2D eigenvalue weighted by molar-refractivity contribution is 7.94. The number of esters is 1. The van der Waals surface area contributed by atoms with Crippen molar-refractivity contribution in [2.24, 2.45) is 0 Å². The summed E-state index contributed by atoms with van der Waals surface area (Å²) in [6.45, 7) is 3.89. The first-order valence-corrected chi connectivity index (χ1v) is 12.6. The monoisotopic (exact) mass is 478 g/mol. The van der Waals surface area contributed by atoms with Crippen molar-refractivity contribution in [2.75, 3.05) is 17.3 Å². The highest BCUT2D eigenvalue weighted by atomic mass is 32.2. The van der Waals surface area contributed by atoms with E-state index in [0.29, 0.717) is 17.8 Å². The van der Waals surface area contributed by atoms with Crippen LogP contribution >= 0.6 is 0 Å². The van der Waals surface area contributed by atoms with Crippen LogP contribution in [0, 0.1) is 13.8 Å². The van der Waals surface area contributed by atoms with Crippen LogP contribution < -0.4 is 4.90 Å². The van der Waals surface area contributed by atoms with Gasteiger partial charge in [0.15, 0.2) is 16.4 Å². The zero-order chi connectivity index (χ0) is 24.3. The fraction of sp³-hybridized carbons (Fsp3) is 0.231. The lowest BCUT2D eigenvalue weighted by molar-refractivity contribution is -0.121. The van der Waals surface area contributed by atoms with Crippen LogP contribution in [-0.4, -0.2) is 43.3 Å². The van der Waals surface area contributed by atoms with Crippen molar-refractivity contribution in [3.05, 3.63) is 101 Å². The van der Waals surface area contributed by atoms with Gasteiger partial charge >= 0.3 is 5.97 Å². The number of aryl methyl sites for hydroxylation is 1. The number of sulfone groups is 1. The van der Waals surface area contributed by atoms with Crippen molar-refractivity contribution >= 4 is 27.4 Å². The van der Waals surface area contributed by atoms with E-state index in [-0.39, 0.29) is 5.75 Å². The molecule has 1 atom stereocenters. The molecule has 176 valence electrons. The standard InChI is InChI=1S/C26H26N2O5S/c1-19-15-24(20(2)27(19)16-21-9-5-3-6-10-21)26(30)33-17-25(29)28(22-11-7-4-8-12-22)23-13-14-34(31,32)18-23/h3-15,23H,16-18H2,1-2H3. The lowest BCUT2D eigenvalue weighted by Gasteiger charge is -2.27. The number of carbonyl (C=O) groups excluding carboxylic acids is 2. The molecule has 2 aromatic carbocycles. The molecule has 0 spiro atoms. The molecule has 0 saturated heterocycles. The smallest absolute Gasteiger partial charge is 0.340 e. The second-order valence-electron chi connectivity index (χ2n) is 8.26. The van der Waals surface area contributed by atoms with Crippen molar-refractivity contribution < 1.29 is 22.7 Å². The van der Waals surface area contributed by atoms with Crippen LogP contribution in [0.15, 0.2) is 78.2 Å². The molecule has 0 saturated carbocycles. The normalized spacial score (nSPS) is 16.4. The average Bonchev–Trinajstić information content (AvgIpc) is 3.32. The third-order valence-corrected chi connectivity index (χ3v) is 7.23. The lowest BCUT2D eigenvalue weighted by Crippen LogP contribution is -2.43. The predicted molar refractivity (Wildman–Crippen MR) is 130 cm³/mol. The summed E-state index contributed by atoms with van der Waals surface area (Å²) in [6.07, 6.45) is 1.49. The van der Waals surface area contributed by atoms with Gasteiger partial charge in [-0.1, -0.05) is 48.5 Å². The lowest BCUT2D eigenvalue weighted by atomic mass is 10.2. The van der Waals surface area contributed by atoms with E-state index in [1.54, 1.807) is 36.4 Å². The van der Waals surface area contributed by atoms with Gasteiger partial charge in [0, 0.05) is 29.0 Å². The molecule has 1 aliphatic rings. The molecule has 3 aromatic rings. The second-order valence-corrected chi connectivity index (χ2v) is 10.2. The largest absolute Gasteiger partial charge is 0.452 e. The number of amides is 1. The van der Waals surface area contributed by atoms with E-state index < -0.39 is 34.4 Å². The van der Waals surface area contributed by atoms with Gasteiger partial charge in [0.1, 0.15) is 0 Å². The molecule has 4 rings (SSSR count). The van der Waals surface area contributed by atoms with Gasteiger partial charge in [-0.05, 0) is 43.7 Å². The van der Waals surface area contributed by atoms with Gasteiger partial charge in [-0.25, -0.2) is 13.2 Å². The molecular weight excluding hydrogens is 452 g/mol. The summed E-state index contributed by atoms with van der Waals surface area (Å²) in [5.41, 5.74) is 3.71. The van der Waals surface area contributed by atoms with Crippen molar-refractivity contribution in [3.63, 3.8) is 0 Å². The molecule has 0 radical (unpaired) electrons. The van der Waals surface area contributed by atoms with Gasteiger partial charge in [0.2, 0.25) is 0 Å². The first kappa shape index (κ1) is 23.5. The summed E-state index contributed by atoms with van der Waals surface area (Å²) in [7, 11) is -3.37. The van der Waals surface area contributed by atoms with Crippen molar-refractivity contribution in [1.82, 2.24) is 4.57 Å². The number of anilines is 1. The number of hydrogen-bond donors (Lipinski definition) is 0. The molecule has 1 aliphatic heterocycles. The molecule has 1 aromatic heterocycles. The number of carbonyl (C=O) groups is 2. The van der Waals surface area contributed by atoms with E-state index in [0.717, 1.165) is 22.4 Å². The number of para-hydroxylation sites is 1. The Morgan fingerprint density at radius 2 is 1.68 bits per heavy atom. The van der Waals surface area contributed by atoms with Crippen LogP contribution in [0.5, 0.6) is 0 Å². The van der Waals surface area contributed by atoms with Crippen LogP contribution in [0.25, 0.3) is 0 Å². The maximum absolute atomic E-state index is 13.1. The molecule has 0 aliphatic carbocycles. The molecule has 1 amide bonds. The minimum absolute atomic E-state index is 0.206. The molecule has 1 unspecified atom stereocenters. The Morgan fingerprint density at radius 3 is 2.29 bits per heavy atom. The zero-order valence-corrected chi connectivity index (χ0v) is 19.9. The second kappa shape index (κ2) is 9.69. The number of hydrogen-bond acceptors (Lipinski definition) is 5. The SMILES string of the molecule is Cc1cc(C(=O)OCC(=O)N(c2ccccc2)C2C=CS(=O)(=O)C2)c(C)n1Cc1ccccc1. The first-order chi connectivity index (χ1) is 16.2. The topological polar surface area (TPSA) is 85.7 Å². The van der Waals surface area contributed by atoms with Gasteiger partial charge in [0.05, 0.1) is 17.4 Å². The van der Waals surface area contributed by atoms with Crippen LogP contribution in [-0.2, 0) is 25.9 Å². The molecule has 2 heterocycles. The maximum Gasteiger partial charge on any atom is 0.340 e. The van der Waals surface area contributed by atoms with Gasteiger partial charge in [0.25, 0.3) is 5.91 Å². The molecule has 8 heteroatoms. The van der Waals surface area contributed by atoms with Gasteiger partial charge in [-0.15, -0.1) is 0 Å². The van der Waals surface area contributed by atoms with Gasteiger partial charge in [-0.3, -0.25) is 4.79 Å². The third-order valence-electron chi connectivity index (χ3n) is 5.85. The Balaban J connectivity index is 1.49. The van der Waals surface area contributed by atoms with Crippen LogP contribution in [0.4, 0.5) is 5.69 Å². The molecule has 7 nitrogen and oxygen atoms in total. The van der Waals surface area contributed by atoms with E-state index in [2.05, 4.69) is 0 Å². The molecule has 0 fully saturated rings. The quantitative estimate of drug-likeness (QED) is 0.484. The first-order valence-electron chi connectivity index (χ1n) is 10.9. The number of nitrogens with zero attached hydrogens (tertiary/aromatic N) is 2.